The molecule has 1 aromatic carbocycles. The molecule has 0 heterocycles. The molecule has 1 aliphatic rings. The SMILES string of the molecule is CN(C)C(=O)c1cc(OC2CC2)ccc1F. The van der Waals surface area contributed by atoms with E-state index in [2.05, 4.69) is 0 Å². The van der Waals surface area contributed by atoms with Gasteiger partial charge in [0, 0.05) is 14.1 Å². The maximum Gasteiger partial charge on any atom is 0.256 e. The molecule has 86 valence electrons. The van der Waals surface area contributed by atoms with Gasteiger partial charge in [0.2, 0.25) is 0 Å². The van der Waals surface area contributed by atoms with Crippen molar-refractivity contribution in [2.45, 2.75) is 18.9 Å². The highest BCUT2D eigenvalue weighted by Gasteiger charge is 2.24. The zero-order valence-corrected chi connectivity index (χ0v) is 9.37. The predicted octanol–water partition coefficient (Wildman–Crippen LogP) is 2.07. The number of carbonyl (C=O) groups excluding carboxylic acids is 1. The van der Waals surface area contributed by atoms with E-state index in [1.165, 1.54) is 17.0 Å². The summed E-state index contributed by atoms with van der Waals surface area (Å²) in [4.78, 5) is 13.0. The van der Waals surface area contributed by atoms with E-state index in [1.807, 2.05) is 0 Å². The number of rotatable bonds is 3. The number of amides is 1. The van der Waals surface area contributed by atoms with Crippen molar-refractivity contribution in [3.63, 3.8) is 0 Å². The molecule has 1 aromatic rings. The Kier molecular flexibility index (Phi) is 2.81. The minimum atomic E-state index is -0.512. The van der Waals surface area contributed by atoms with Crippen LogP contribution < -0.4 is 4.74 Å². The maximum atomic E-state index is 13.4. The van der Waals surface area contributed by atoms with Crippen LogP contribution in [0.1, 0.15) is 23.2 Å². The van der Waals surface area contributed by atoms with Crippen molar-refractivity contribution in [2.24, 2.45) is 0 Å². The number of carbonyl (C=O) groups is 1. The lowest BCUT2D eigenvalue weighted by molar-refractivity contribution is 0.0822. The second kappa shape index (κ2) is 4.12. The van der Waals surface area contributed by atoms with Gasteiger partial charge in [-0.15, -0.1) is 0 Å². The second-order valence-electron chi connectivity index (χ2n) is 4.16. The summed E-state index contributed by atoms with van der Waals surface area (Å²) in [5.41, 5.74) is 0.0585. The number of hydrogen-bond acceptors (Lipinski definition) is 2. The van der Waals surface area contributed by atoms with Crippen molar-refractivity contribution >= 4 is 5.91 Å². The lowest BCUT2D eigenvalue weighted by Crippen LogP contribution is -2.22. The molecule has 4 heteroatoms. The van der Waals surface area contributed by atoms with Gasteiger partial charge in [-0.1, -0.05) is 0 Å². The van der Waals surface area contributed by atoms with Gasteiger partial charge in [-0.05, 0) is 31.0 Å². The molecule has 0 radical (unpaired) electrons. The third-order valence-corrected chi connectivity index (χ3v) is 2.40. The molecule has 0 unspecified atom stereocenters. The number of nitrogens with zero attached hydrogens (tertiary/aromatic N) is 1. The van der Waals surface area contributed by atoms with E-state index in [9.17, 15) is 9.18 Å². The fraction of sp³-hybridized carbons (Fsp3) is 0.417. The second-order valence-corrected chi connectivity index (χ2v) is 4.16. The summed E-state index contributed by atoms with van der Waals surface area (Å²) in [7, 11) is 3.19. The largest absolute Gasteiger partial charge is 0.490 e. The lowest BCUT2D eigenvalue weighted by Gasteiger charge is -2.12. The third-order valence-electron chi connectivity index (χ3n) is 2.40. The first kappa shape index (κ1) is 10.9. The monoisotopic (exact) mass is 223 g/mol. The normalized spacial score (nSPS) is 14.7. The van der Waals surface area contributed by atoms with Gasteiger partial charge >= 0.3 is 0 Å². The van der Waals surface area contributed by atoms with Gasteiger partial charge in [0.15, 0.2) is 0 Å². The Balaban J connectivity index is 2.24. The fourth-order valence-corrected chi connectivity index (χ4v) is 1.36. The van der Waals surface area contributed by atoms with Gasteiger partial charge in [0.1, 0.15) is 11.6 Å². The Hall–Kier alpha value is -1.58. The Morgan fingerprint density at radius 3 is 2.69 bits per heavy atom. The van der Waals surface area contributed by atoms with Gasteiger partial charge in [-0.3, -0.25) is 4.79 Å². The van der Waals surface area contributed by atoms with Crippen LogP contribution in [0.4, 0.5) is 4.39 Å². The molecule has 16 heavy (non-hydrogen) atoms. The average molecular weight is 223 g/mol. The molecule has 1 saturated carbocycles. The molecule has 0 aliphatic heterocycles. The Bertz CT molecular complexity index is 413. The van der Waals surface area contributed by atoms with Crippen LogP contribution in [0.15, 0.2) is 18.2 Å². The molecular formula is C12H14FNO2. The first-order chi connectivity index (χ1) is 7.58. The molecule has 0 saturated heterocycles. The van der Waals surface area contributed by atoms with Crippen molar-refractivity contribution in [1.82, 2.24) is 4.90 Å². The molecule has 2 rings (SSSR count). The number of benzene rings is 1. The molecule has 0 bridgehead atoms. The third kappa shape index (κ3) is 2.32. The van der Waals surface area contributed by atoms with Crippen molar-refractivity contribution in [1.29, 1.82) is 0 Å². The summed E-state index contributed by atoms with van der Waals surface area (Å²) in [6.07, 6.45) is 2.32. The van der Waals surface area contributed by atoms with Crippen molar-refractivity contribution < 1.29 is 13.9 Å². The standard InChI is InChI=1S/C12H14FNO2/c1-14(2)12(15)10-7-9(5-6-11(10)13)16-8-3-4-8/h5-8H,3-4H2,1-2H3. The van der Waals surface area contributed by atoms with E-state index in [0.29, 0.717) is 5.75 Å². The molecule has 1 amide bonds. The van der Waals surface area contributed by atoms with Crippen LogP contribution in [0.25, 0.3) is 0 Å². The highest BCUT2D eigenvalue weighted by molar-refractivity contribution is 5.94. The smallest absolute Gasteiger partial charge is 0.256 e. The van der Waals surface area contributed by atoms with Gasteiger partial charge < -0.3 is 9.64 Å². The van der Waals surface area contributed by atoms with Crippen molar-refractivity contribution in [3.05, 3.63) is 29.6 Å². The van der Waals surface area contributed by atoms with E-state index in [1.54, 1.807) is 20.2 Å². The molecule has 1 fully saturated rings. The molecule has 0 aromatic heterocycles. The highest BCUT2D eigenvalue weighted by Crippen LogP contribution is 2.28. The summed E-state index contributed by atoms with van der Waals surface area (Å²) in [5, 5.41) is 0. The van der Waals surface area contributed by atoms with Gasteiger partial charge in [0.05, 0.1) is 11.7 Å². The van der Waals surface area contributed by atoms with Gasteiger partial charge in [0.25, 0.3) is 5.91 Å². The molecule has 3 nitrogen and oxygen atoms in total. The quantitative estimate of drug-likeness (QED) is 0.785. The Morgan fingerprint density at radius 1 is 1.44 bits per heavy atom. The van der Waals surface area contributed by atoms with E-state index >= 15 is 0 Å². The summed E-state index contributed by atoms with van der Waals surface area (Å²) in [6, 6.07) is 4.30. The first-order valence-electron chi connectivity index (χ1n) is 5.26. The van der Waals surface area contributed by atoms with E-state index in [0.717, 1.165) is 12.8 Å². The lowest BCUT2D eigenvalue weighted by atomic mass is 10.2. The fourth-order valence-electron chi connectivity index (χ4n) is 1.36. The minimum absolute atomic E-state index is 0.0585. The van der Waals surface area contributed by atoms with Gasteiger partial charge in [-0.2, -0.15) is 0 Å². The zero-order valence-electron chi connectivity index (χ0n) is 9.37. The Labute approximate surface area is 93.8 Å². The summed E-state index contributed by atoms with van der Waals surface area (Å²) < 4.78 is 18.9. The predicted molar refractivity (Wildman–Crippen MR) is 58.1 cm³/mol. The minimum Gasteiger partial charge on any atom is -0.490 e. The summed E-state index contributed by atoms with van der Waals surface area (Å²) >= 11 is 0. The highest BCUT2D eigenvalue weighted by atomic mass is 19.1. The van der Waals surface area contributed by atoms with E-state index < -0.39 is 5.82 Å². The number of halogens is 1. The van der Waals surface area contributed by atoms with Crippen LogP contribution in [0.3, 0.4) is 0 Å². The topological polar surface area (TPSA) is 29.5 Å². The van der Waals surface area contributed by atoms with Crippen LogP contribution in [-0.4, -0.2) is 31.0 Å². The van der Waals surface area contributed by atoms with E-state index in [4.69, 9.17) is 4.74 Å². The first-order valence-corrected chi connectivity index (χ1v) is 5.26. The zero-order chi connectivity index (χ0) is 11.7. The summed E-state index contributed by atoms with van der Waals surface area (Å²) in [6.45, 7) is 0. The molecule has 1 aliphatic carbocycles. The molecule has 0 spiro atoms. The summed E-state index contributed by atoms with van der Waals surface area (Å²) in [5.74, 6) is -0.297. The number of hydrogen-bond donors (Lipinski definition) is 0. The Morgan fingerprint density at radius 2 is 2.12 bits per heavy atom. The van der Waals surface area contributed by atoms with Crippen LogP contribution in [0, 0.1) is 5.82 Å². The van der Waals surface area contributed by atoms with Crippen LogP contribution in [0.5, 0.6) is 5.75 Å². The maximum absolute atomic E-state index is 13.4. The van der Waals surface area contributed by atoms with Crippen molar-refractivity contribution in [3.8, 4) is 5.75 Å². The molecule has 0 atom stereocenters. The molecular weight excluding hydrogens is 209 g/mol. The van der Waals surface area contributed by atoms with Gasteiger partial charge in [-0.25, -0.2) is 4.39 Å². The number of ether oxygens (including phenoxy) is 1. The van der Waals surface area contributed by atoms with Crippen LogP contribution >= 0.6 is 0 Å². The van der Waals surface area contributed by atoms with Crippen LogP contribution in [0.2, 0.25) is 0 Å². The molecule has 0 N–H and O–H groups in total. The average Bonchev–Trinajstić information content (AvgIpc) is 3.03. The van der Waals surface area contributed by atoms with E-state index in [-0.39, 0.29) is 17.6 Å². The van der Waals surface area contributed by atoms with Crippen LogP contribution in [-0.2, 0) is 0 Å². The van der Waals surface area contributed by atoms with Crippen molar-refractivity contribution in [2.75, 3.05) is 14.1 Å².